The van der Waals surface area contributed by atoms with Crippen molar-refractivity contribution in [3.05, 3.63) is 11.4 Å². The monoisotopic (exact) mass is 277 g/mol. The second-order valence-corrected chi connectivity index (χ2v) is 5.59. The third kappa shape index (κ3) is 3.08. The molecule has 0 bridgehead atoms. The lowest BCUT2D eigenvalue weighted by Gasteiger charge is -2.38. The number of hydrogen-bond acceptors (Lipinski definition) is 5. The second kappa shape index (κ2) is 6.97. The van der Waals surface area contributed by atoms with Crippen LogP contribution in [-0.4, -0.2) is 34.3 Å². The molecule has 5 heteroatoms. The number of rotatable bonds is 5. The van der Waals surface area contributed by atoms with E-state index in [2.05, 4.69) is 35.9 Å². The number of nitrogens with zero attached hydrogens (tertiary/aromatic N) is 4. The fourth-order valence-electron chi connectivity index (χ4n) is 3.04. The smallest absolute Gasteiger partial charge is 0.245 e. The third-order valence-electron chi connectivity index (χ3n) is 4.43. The highest BCUT2D eigenvalue weighted by molar-refractivity contribution is 5.33. The third-order valence-corrected chi connectivity index (χ3v) is 4.43. The summed E-state index contributed by atoms with van der Waals surface area (Å²) in [7, 11) is 0. The van der Waals surface area contributed by atoms with E-state index in [-0.39, 0.29) is 0 Å². The molecule has 2 rings (SSSR count). The number of aryl methyl sites for hydroxylation is 2. The van der Waals surface area contributed by atoms with Gasteiger partial charge < -0.3 is 10.6 Å². The van der Waals surface area contributed by atoms with E-state index in [4.69, 9.17) is 10.7 Å². The van der Waals surface area contributed by atoms with Gasteiger partial charge in [-0.25, -0.2) is 4.98 Å². The van der Waals surface area contributed by atoms with Crippen LogP contribution in [0.25, 0.3) is 0 Å². The zero-order valence-corrected chi connectivity index (χ0v) is 13.0. The van der Waals surface area contributed by atoms with Crippen LogP contribution in [0, 0.1) is 5.92 Å². The normalized spacial score (nSPS) is 23.1. The summed E-state index contributed by atoms with van der Waals surface area (Å²) in [5.74, 6) is 1.55. The van der Waals surface area contributed by atoms with E-state index in [1.54, 1.807) is 0 Å². The van der Waals surface area contributed by atoms with Gasteiger partial charge >= 0.3 is 0 Å². The van der Waals surface area contributed by atoms with Gasteiger partial charge in [0, 0.05) is 19.1 Å². The first-order valence-electron chi connectivity index (χ1n) is 7.92. The summed E-state index contributed by atoms with van der Waals surface area (Å²) in [6.45, 7) is 8.14. The minimum Gasteiger partial charge on any atom is -0.335 e. The number of nitrogens with two attached hydrogens (primary N) is 1. The maximum atomic E-state index is 5.96. The highest BCUT2D eigenvalue weighted by Crippen LogP contribution is 2.27. The van der Waals surface area contributed by atoms with Crippen molar-refractivity contribution in [2.75, 3.05) is 18.0 Å². The van der Waals surface area contributed by atoms with Crippen LogP contribution in [0.5, 0.6) is 0 Å². The van der Waals surface area contributed by atoms with Crippen LogP contribution in [0.1, 0.15) is 51.4 Å². The Bertz CT molecular complexity index is 434. The van der Waals surface area contributed by atoms with Crippen molar-refractivity contribution < 1.29 is 0 Å². The van der Waals surface area contributed by atoms with E-state index in [0.29, 0.717) is 12.6 Å². The molecular weight excluding hydrogens is 250 g/mol. The molecular formula is C15H27N5. The van der Waals surface area contributed by atoms with Gasteiger partial charge in [-0.3, -0.25) is 0 Å². The number of hydrogen-bond donors (Lipinski definition) is 1. The van der Waals surface area contributed by atoms with Crippen molar-refractivity contribution in [1.82, 2.24) is 15.2 Å². The van der Waals surface area contributed by atoms with Gasteiger partial charge in [0.25, 0.3) is 0 Å². The minimum absolute atomic E-state index is 0.354. The second-order valence-electron chi connectivity index (χ2n) is 5.59. The van der Waals surface area contributed by atoms with Gasteiger partial charge in [0.05, 0.1) is 11.4 Å². The summed E-state index contributed by atoms with van der Waals surface area (Å²) in [4.78, 5) is 6.99. The molecule has 5 nitrogen and oxygen atoms in total. The maximum Gasteiger partial charge on any atom is 0.245 e. The van der Waals surface area contributed by atoms with E-state index in [9.17, 15) is 0 Å². The van der Waals surface area contributed by atoms with Crippen LogP contribution in [0.3, 0.4) is 0 Å². The molecule has 0 spiro atoms. The molecule has 1 aromatic heterocycles. The van der Waals surface area contributed by atoms with Crippen LogP contribution in [0.2, 0.25) is 0 Å². The van der Waals surface area contributed by atoms with Crippen molar-refractivity contribution >= 4 is 5.95 Å². The largest absolute Gasteiger partial charge is 0.335 e. The lowest BCUT2D eigenvalue weighted by molar-refractivity contribution is 0.332. The van der Waals surface area contributed by atoms with Gasteiger partial charge in [-0.2, -0.15) is 5.10 Å². The van der Waals surface area contributed by atoms with Gasteiger partial charge in [-0.05, 0) is 31.6 Å². The maximum absolute atomic E-state index is 5.96. The molecule has 2 N–H and O–H groups in total. The molecule has 1 aliphatic heterocycles. The minimum atomic E-state index is 0.354. The van der Waals surface area contributed by atoms with Crippen molar-refractivity contribution in [2.24, 2.45) is 11.7 Å². The first-order valence-corrected chi connectivity index (χ1v) is 7.92. The molecule has 112 valence electrons. The van der Waals surface area contributed by atoms with E-state index in [1.165, 1.54) is 12.8 Å². The lowest BCUT2D eigenvalue weighted by atomic mass is 9.89. The number of aromatic nitrogens is 3. The highest BCUT2D eigenvalue weighted by atomic mass is 15.3. The molecule has 2 unspecified atom stereocenters. The fourth-order valence-corrected chi connectivity index (χ4v) is 3.04. The highest BCUT2D eigenvalue weighted by Gasteiger charge is 2.28. The predicted molar refractivity (Wildman–Crippen MR) is 81.8 cm³/mol. The Balaban J connectivity index is 2.21. The Morgan fingerprint density at radius 3 is 2.50 bits per heavy atom. The van der Waals surface area contributed by atoms with E-state index >= 15 is 0 Å². The van der Waals surface area contributed by atoms with Gasteiger partial charge in [0.1, 0.15) is 0 Å². The topological polar surface area (TPSA) is 67.9 Å². The van der Waals surface area contributed by atoms with Crippen LogP contribution < -0.4 is 10.6 Å². The standard InChI is InChI=1S/C15H27N5/c1-4-11-7-8-20(12(9-11)10-16)15-17-13(5-2)14(6-3)18-19-15/h11-12H,4-10,16H2,1-3H3. The van der Waals surface area contributed by atoms with Gasteiger partial charge in [-0.1, -0.05) is 27.2 Å². The Labute approximate surface area is 122 Å². The van der Waals surface area contributed by atoms with E-state index < -0.39 is 0 Å². The lowest BCUT2D eigenvalue weighted by Crippen LogP contribution is -2.47. The Hall–Kier alpha value is -1.23. The first-order chi connectivity index (χ1) is 9.73. The SMILES string of the molecule is CCc1nnc(N2CCC(CC)CC2CN)nc1CC. The molecule has 0 aliphatic carbocycles. The fraction of sp³-hybridized carbons (Fsp3) is 0.800. The number of piperidine rings is 1. The first kappa shape index (κ1) is 15.2. The summed E-state index contributed by atoms with van der Waals surface area (Å²) in [5, 5.41) is 8.70. The Kier molecular flexibility index (Phi) is 5.29. The summed E-state index contributed by atoms with van der Waals surface area (Å²) in [6.07, 6.45) is 5.38. The average molecular weight is 277 g/mol. The van der Waals surface area contributed by atoms with Gasteiger partial charge in [0.15, 0.2) is 0 Å². The summed E-state index contributed by atoms with van der Waals surface area (Å²) < 4.78 is 0. The van der Waals surface area contributed by atoms with Crippen LogP contribution in [0.15, 0.2) is 0 Å². The Morgan fingerprint density at radius 1 is 1.15 bits per heavy atom. The summed E-state index contributed by atoms with van der Waals surface area (Å²) in [5.41, 5.74) is 8.05. The molecule has 1 saturated heterocycles. The molecule has 0 radical (unpaired) electrons. The zero-order valence-electron chi connectivity index (χ0n) is 13.0. The zero-order chi connectivity index (χ0) is 14.5. The average Bonchev–Trinajstić information content (AvgIpc) is 2.53. The van der Waals surface area contributed by atoms with Crippen LogP contribution in [-0.2, 0) is 12.8 Å². The van der Waals surface area contributed by atoms with Crippen molar-refractivity contribution in [1.29, 1.82) is 0 Å². The van der Waals surface area contributed by atoms with E-state index in [1.807, 2.05) is 0 Å². The Morgan fingerprint density at radius 2 is 1.90 bits per heavy atom. The number of anilines is 1. The molecule has 0 amide bonds. The predicted octanol–water partition coefficient (Wildman–Crippen LogP) is 1.95. The van der Waals surface area contributed by atoms with E-state index in [0.717, 1.165) is 49.1 Å². The molecule has 0 aromatic carbocycles. The molecule has 1 aromatic rings. The van der Waals surface area contributed by atoms with Crippen molar-refractivity contribution in [3.63, 3.8) is 0 Å². The summed E-state index contributed by atoms with van der Waals surface area (Å²) >= 11 is 0. The molecule has 20 heavy (non-hydrogen) atoms. The van der Waals surface area contributed by atoms with Crippen molar-refractivity contribution in [3.8, 4) is 0 Å². The molecule has 2 atom stereocenters. The van der Waals surface area contributed by atoms with Crippen molar-refractivity contribution in [2.45, 2.75) is 58.9 Å². The quantitative estimate of drug-likeness (QED) is 0.891. The summed E-state index contributed by atoms with van der Waals surface area (Å²) in [6, 6.07) is 0.354. The van der Waals surface area contributed by atoms with Gasteiger partial charge in [-0.15, -0.1) is 5.10 Å². The van der Waals surface area contributed by atoms with Crippen LogP contribution >= 0.6 is 0 Å². The molecule has 1 fully saturated rings. The van der Waals surface area contributed by atoms with Gasteiger partial charge in [0.2, 0.25) is 5.95 Å². The molecule has 1 aliphatic rings. The molecule has 0 saturated carbocycles. The van der Waals surface area contributed by atoms with Crippen LogP contribution in [0.4, 0.5) is 5.95 Å². The molecule has 2 heterocycles.